The van der Waals surface area contributed by atoms with Crippen LogP contribution in [0.15, 0.2) is 76.5 Å². The Morgan fingerprint density at radius 1 is 0.946 bits per heavy atom. The maximum atomic E-state index is 13.8. The molecule has 0 spiro atoms. The lowest BCUT2D eigenvalue weighted by Crippen LogP contribution is -2.18. The van der Waals surface area contributed by atoms with Gasteiger partial charge in [-0.2, -0.15) is 0 Å². The lowest BCUT2D eigenvalue weighted by atomic mass is 9.92. The van der Waals surface area contributed by atoms with E-state index in [4.69, 9.17) is 10.5 Å². The fourth-order valence-electron chi connectivity index (χ4n) is 4.75. The molecular weight excluding hydrogens is 488 g/mol. The molecule has 3 aromatic carbocycles. The molecule has 1 aliphatic rings. The third-order valence-corrected chi connectivity index (χ3v) is 7.82. The van der Waals surface area contributed by atoms with Crippen molar-refractivity contribution in [3.63, 3.8) is 0 Å². The molecule has 0 aliphatic carbocycles. The molecule has 1 aromatic heterocycles. The van der Waals surface area contributed by atoms with Crippen molar-refractivity contribution in [1.29, 1.82) is 0 Å². The maximum Gasteiger partial charge on any atom is 0.130 e. The molecule has 1 saturated heterocycles. The van der Waals surface area contributed by atoms with Crippen LogP contribution in [0.4, 0.5) is 14.6 Å². The summed E-state index contributed by atoms with van der Waals surface area (Å²) in [6.45, 7) is 2.44. The van der Waals surface area contributed by atoms with Gasteiger partial charge in [0.05, 0.1) is 5.52 Å². The Bertz CT molecular complexity index is 1350. The molecule has 0 radical (unpaired) electrons. The largest absolute Gasteiger partial charge is 0.383 e. The lowest BCUT2D eigenvalue weighted by molar-refractivity contribution is 0.0666. The topological polar surface area (TPSA) is 60.2 Å². The number of anilines is 1. The second kappa shape index (κ2) is 12.0. The molecule has 37 heavy (non-hydrogen) atoms. The summed E-state index contributed by atoms with van der Waals surface area (Å²) in [6, 6.07) is 20.8. The molecule has 0 atom stereocenters. The van der Waals surface area contributed by atoms with E-state index in [0.29, 0.717) is 18.3 Å². The molecule has 0 amide bonds. The van der Waals surface area contributed by atoms with Crippen molar-refractivity contribution in [1.82, 2.24) is 10.3 Å². The van der Waals surface area contributed by atoms with Crippen LogP contribution >= 0.6 is 11.8 Å². The van der Waals surface area contributed by atoms with Crippen molar-refractivity contribution >= 4 is 28.5 Å². The highest BCUT2D eigenvalue weighted by Gasteiger charge is 2.17. The summed E-state index contributed by atoms with van der Waals surface area (Å²) in [6.07, 6.45) is 3.84. The quantitative estimate of drug-likeness (QED) is 0.246. The Morgan fingerprint density at radius 3 is 2.51 bits per heavy atom. The smallest absolute Gasteiger partial charge is 0.130 e. The summed E-state index contributed by atoms with van der Waals surface area (Å²) in [4.78, 5) is 6.94. The first kappa shape index (κ1) is 25.6. The number of nitrogens with one attached hydrogen (secondary N) is 1. The van der Waals surface area contributed by atoms with Gasteiger partial charge in [-0.15, -0.1) is 0 Å². The van der Waals surface area contributed by atoms with E-state index in [9.17, 15) is 8.78 Å². The third kappa shape index (κ3) is 6.66. The average molecular weight is 520 g/mol. The summed E-state index contributed by atoms with van der Waals surface area (Å²) in [5.74, 6) is 0.180. The number of rotatable bonds is 9. The SMILES string of the molecule is Nc1nc2ccc(Sc3cccc(CCNCc4c(F)cccc4F)c3)cc2cc1CC1CCOCC1. The van der Waals surface area contributed by atoms with E-state index < -0.39 is 11.6 Å². The van der Waals surface area contributed by atoms with Crippen molar-refractivity contribution in [3.8, 4) is 0 Å². The molecule has 0 unspecified atom stereocenters. The second-order valence-corrected chi connectivity index (χ2v) is 10.7. The molecule has 4 nitrogen and oxygen atoms in total. The van der Waals surface area contributed by atoms with E-state index in [-0.39, 0.29) is 12.1 Å². The molecule has 1 fully saturated rings. The Kier molecular flexibility index (Phi) is 8.34. The fourth-order valence-corrected chi connectivity index (χ4v) is 5.70. The van der Waals surface area contributed by atoms with Crippen molar-refractivity contribution in [3.05, 3.63) is 95.1 Å². The Labute approximate surface area is 220 Å². The summed E-state index contributed by atoms with van der Waals surface area (Å²) >= 11 is 1.71. The van der Waals surface area contributed by atoms with Crippen LogP contribution in [0.3, 0.4) is 0 Å². The number of halogens is 2. The standard InChI is InChI=1S/C30H31F2N3OS/c31-27-5-2-6-28(32)26(27)19-34-12-9-20-3-1-4-24(16-20)37-25-7-8-29-22(18-25)17-23(30(33)35-29)15-21-10-13-36-14-11-21/h1-8,16-18,21,34H,9-15,19H2,(H2,33,35). The van der Waals surface area contributed by atoms with Gasteiger partial charge in [0.1, 0.15) is 17.5 Å². The van der Waals surface area contributed by atoms with Gasteiger partial charge in [0.2, 0.25) is 0 Å². The van der Waals surface area contributed by atoms with Gasteiger partial charge in [-0.05, 0) is 97.8 Å². The van der Waals surface area contributed by atoms with Crippen LogP contribution in [0, 0.1) is 17.6 Å². The molecule has 3 N–H and O–H groups in total. The Morgan fingerprint density at radius 2 is 1.70 bits per heavy atom. The lowest BCUT2D eigenvalue weighted by Gasteiger charge is -2.22. The molecule has 7 heteroatoms. The van der Waals surface area contributed by atoms with Gasteiger partial charge in [0.25, 0.3) is 0 Å². The number of nitrogen functional groups attached to an aromatic ring is 1. The van der Waals surface area contributed by atoms with Gasteiger partial charge in [-0.3, -0.25) is 0 Å². The molecule has 5 rings (SSSR count). The fraction of sp³-hybridized carbons (Fsp3) is 0.300. The monoisotopic (exact) mass is 519 g/mol. The molecule has 4 aromatic rings. The number of hydrogen-bond acceptors (Lipinski definition) is 5. The number of ether oxygens (including phenoxy) is 1. The predicted molar refractivity (Wildman–Crippen MR) is 146 cm³/mol. The summed E-state index contributed by atoms with van der Waals surface area (Å²) in [5, 5.41) is 4.25. The van der Waals surface area contributed by atoms with Crippen LogP contribution in [0.2, 0.25) is 0 Å². The van der Waals surface area contributed by atoms with E-state index in [1.165, 1.54) is 23.8 Å². The van der Waals surface area contributed by atoms with E-state index in [0.717, 1.165) is 65.2 Å². The van der Waals surface area contributed by atoms with E-state index in [1.54, 1.807) is 11.8 Å². The van der Waals surface area contributed by atoms with Crippen LogP contribution in [0.25, 0.3) is 10.9 Å². The van der Waals surface area contributed by atoms with E-state index >= 15 is 0 Å². The third-order valence-electron chi connectivity index (χ3n) is 6.84. The molecule has 2 heterocycles. The summed E-state index contributed by atoms with van der Waals surface area (Å²) in [7, 11) is 0. The van der Waals surface area contributed by atoms with Crippen molar-refractivity contribution < 1.29 is 13.5 Å². The molecule has 0 saturated carbocycles. The first-order valence-corrected chi connectivity index (χ1v) is 13.5. The zero-order chi connectivity index (χ0) is 25.6. The highest BCUT2D eigenvalue weighted by molar-refractivity contribution is 7.99. The Balaban J connectivity index is 1.22. The zero-order valence-electron chi connectivity index (χ0n) is 20.7. The average Bonchev–Trinajstić information content (AvgIpc) is 2.89. The summed E-state index contributed by atoms with van der Waals surface area (Å²) < 4.78 is 33.1. The number of benzene rings is 3. The van der Waals surface area contributed by atoms with Crippen LogP contribution in [-0.4, -0.2) is 24.7 Å². The van der Waals surface area contributed by atoms with E-state index in [2.05, 4.69) is 46.7 Å². The molecule has 0 bridgehead atoms. The highest BCUT2D eigenvalue weighted by Crippen LogP contribution is 2.32. The number of nitrogens with zero attached hydrogens (tertiary/aromatic N) is 1. The first-order valence-electron chi connectivity index (χ1n) is 12.7. The van der Waals surface area contributed by atoms with Gasteiger partial charge in [0.15, 0.2) is 0 Å². The number of pyridine rings is 1. The number of nitrogens with two attached hydrogens (primary N) is 1. The minimum Gasteiger partial charge on any atom is -0.383 e. The predicted octanol–water partition coefficient (Wildman–Crippen LogP) is 6.55. The van der Waals surface area contributed by atoms with Gasteiger partial charge in [0, 0.05) is 40.5 Å². The van der Waals surface area contributed by atoms with Gasteiger partial charge < -0.3 is 15.8 Å². The zero-order valence-corrected chi connectivity index (χ0v) is 21.5. The van der Waals surface area contributed by atoms with Crippen LogP contribution in [0.5, 0.6) is 0 Å². The molecular formula is C30H31F2N3OS. The van der Waals surface area contributed by atoms with E-state index in [1.807, 2.05) is 12.1 Å². The number of hydrogen-bond donors (Lipinski definition) is 2. The van der Waals surface area contributed by atoms with Crippen LogP contribution in [0.1, 0.15) is 29.5 Å². The van der Waals surface area contributed by atoms with Crippen LogP contribution < -0.4 is 11.1 Å². The number of aromatic nitrogens is 1. The summed E-state index contributed by atoms with van der Waals surface area (Å²) in [5.41, 5.74) is 9.56. The van der Waals surface area contributed by atoms with Gasteiger partial charge in [-0.1, -0.05) is 30.0 Å². The van der Waals surface area contributed by atoms with Crippen LogP contribution in [-0.2, 0) is 24.1 Å². The molecule has 1 aliphatic heterocycles. The normalized spacial score (nSPS) is 14.3. The molecule has 192 valence electrons. The minimum atomic E-state index is -0.519. The van der Waals surface area contributed by atoms with Crippen molar-refractivity contribution in [2.75, 3.05) is 25.5 Å². The first-order chi connectivity index (χ1) is 18.0. The highest BCUT2D eigenvalue weighted by atomic mass is 32.2. The minimum absolute atomic E-state index is 0.0790. The number of fused-ring (bicyclic) bond motifs is 1. The van der Waals surface area contributed by atoms with Gasteiger partial charge >= 0.3 is 0 Å². The van der Waals surface area contributed by atoms with Gasteiger partial charge in [-0.25, -0.2) is 13.8 Å². The maximum absolute atomic E-state index is 13.8. The van der Waals surface area contributed by atoms with Crippen molar-refractivity contribution in [2.24, 2.45) is 5.92 Å². The Hall–Kier alpha value is -3.00. The van der Waals surface area contributed by atoms with Crippen molar-refractivity contribution in [2.45, 2.75) is 42.0 Å². The second-order valence-electron chi connectivity index (χ2n) is 9.52.